The molecule has 2 atom stereocenters. The van der Waals surface area contributed by atoms with Crippen molar-refractivity contribution in [1.82, 2.24) is 9.88 Å². The van der Waals surface area contributed by atoms with E-state index in [0.29, 0.717) is 48.1 Å². The van der Waals surface area contributed by atoms with Gasteiger partial charge in [-0.05, 0) is 56.0 Å². The number of nitrogens with zero attached hydrogens (tertiary/aromatic N) is 2. The minimum atomic E-state index is -1.50. The molecular weight excluding hydrogens is 519 g/mol. The molecule has 2 aromatic carbocycles. The minimum Gasteiger partial charge on any atom is -0.473 e. The molecule has 2 unspecified atom stereocenters. The number of carbonyl (C=O) groups excluding carboxylic acids is 1. The number of ether oxygens (including phenoxy) is 1. The second-order valence-electron chi connectivity index (χ2n) is 8.87. The molecule has 3 aromatic rings. The van der Waals surface area contributed by atoms with E-state index >= 15 is 0 Å². The van der Waals surface area contributed by atoms with E-state index in [1.54, 1.807) is 17.9 Å². The highest BCUT2D eigenvalue weighted by Crippen LogP contribution is 2.39. The van der Waals surface area contributed by atoms with Gasteiger partial charge in [-0.15, -0.1) is 0 Å². The van der Waals surface area contributed by atoms with Crippen LogP contribution in [0.1, 0.15) is 56.9 Å². The van der Waals surface area contributed by atoms with Gasteiger partial charge in [-0.3, -0.25) is 8.98 Å². The molecule has 0 saturated heterocycles. The molecule has 0 spiro atoms. The van der Waals surface area contributed by atoms with Crippen LogP contribution >= 0.6 is 23.2 Å². The SMILES string of the molecule is Cc1cc(C)c(CN2CCc3c(Cl)cc(C(C)OS(C)=O)c(Cl)c3C2=O)c(OCc2ccccc2)n1. The number of rotatable bonds is 8. The summed E-state index contributed by atoms with van der Waals surface area (Å²) >= 11 is 11.8. The molecule has 9 heteroatoms. The van der Waals surface area contributed by atoms with Crippen LogP contribution in [0, 0.1) is 13.8 Å². The average molecular weight is 548 g/mol. The molecular formula is C27H28Cl2N2O4S. The van der Waals surface area contributed by atoms with Crippen LogP contribution in [-0.4, -0.2) is 32.8 Å². The van der Waals surface area contributed by atoms with E-state index in [9.17, 15) is 9.00 Å². The number of amides is 1. The van der Waals surface area contributed by atoms with E-state index in [-0.39, 0.29) is 10.9 Å². The monoisotopic (exact) mass is 546 g/mol. The van der Waals surface area contributed by atoms with E-state index in [4.69, 9.17) is 32.1 Å². The summed E-state index contributed by atoms with van der Waals surface area (Å²) in [4.78, 5) is 20.1. The summed E-state index contributed by atoms with van der Waals surface area (Å²) in [6.45, 7) is 6.83. The van der Waals surface area contributed by atoms with Gasteiger partial charge in [0.1, 0.15) is 6.61 Å². The molecule has 1 aliphatic heterocycles. The number of aryl methyl sites for hydroxylation is 2. The number of hydrogen-bond donors (Lipinski definition) is 0. The summed E-state index contributed by atoms with van der Waals surface area (Å²) in [6, 6.07) is 13.6. The molecule has 36 heavy (non-hydrogen) atoms. The van der Waals surface area contributed by atoms with Gasteiger partial charge in [0.2, 0.25) is 5.88 Å². The maximum Gasteiger partial charge on any atom is 0.256 e. The second-order valence-corrected chi connectivity index (χ2v) is 10.7. The van der Waals surface area contributed by atoms with Crippen molar-refractivity contribution in [2.75, 3.05) is 12.8 Å². The fraction of sp³-hybridized carbons (Fsp3) is 0.333. The lowest BCUT2D eigenvalue weighted by Crippen LogP contribution is -2.38. The highest BCUT2D eigenvalue weighted by Gasteiger charge is 2.32. The third-order valence-corrected chi connectivity index (χ3v) is 7.50. The Hall–Kier alpha value is -2.45. The van der Waals surface area contributed by atoms with Crippen molar-refractivity contribution < 1.29 is 17.9 Å². The van der Waals surface area contributed by atoms with Crippen LogP contribution in [0.4, 0.5) is 0 Å². The first kappa shape index (κ1) is 26.6. The fourth-order valence-corrected chi connectivity index (χ4v) is 5.64. The number of benzene rings is 2. The van der Waals surface area contributed by atoms with Gasteiger partial charge in [0.25, 0.3) is 5.91 Å². The average Bonchev–Trinajstić information content (AvgIpc) is 2.82. The van der Waals surface area contributed by atoms with Crippen LogP contribution < -0.4 is 4.74 Å². The molecule has 190 valence electrons. The quantitative estimate of drug-likeness (QED) is 0.338. The van der Waals surface area contributed by atoms with Crippen LogP contribution in [-0.2, 0) is 34.8 Å². The van der Waals surface area contributed by atoms with Gasteiger partial charge < -0.3 is 9.64 Å². The minimum absolute atomic E-state index is 0.219. The first-order chi connectivity index (χ1) is 17.2. The topological polar surface area (TPSA) is 68.7 Å². The molecule has 0 fully saturated rings. The molecule has 0 N–H and O–H groups in total. The summed E-state index contributed by atoms with van der Waals surface area (Å²) in [7, 11) is 0. The lowest BCUT2D eigenvalue weighted by Gasteiger charge is -2.31. The zero-order valence-corrected chi connectivity index (χ0v) is 23.0. The highest BCUT2D eigenvalue weighted by molar-refractivity contribution is 7.79. The fourth-order valence-electron chi connectivity index (χ4n) is 4.42. The van der Waals surface area contributed by atoms with Crippen LogP contribution in [0.5, 0.6) is 5.88 Å². The predicted molar refractivity (Wildman–Crippen MR) is 143 cm³/mol. The van der Waals surface area contributed by atoms with Crippen molar-refractivity contribution in [3.05, 3.63) is 91.6 Å². The van der Waals surface area contributed by atoms with Crippen molar-refractivity contribution in [2.45, 2.75) is 46.4 Å². The third kappa shape index (κ3) is 5.75. The van der Waals surface area contributed by atoms with Crippen molar-refractivity contribution in [1.29, 1.82) is 0 Å². The van der Waals surface area contributed by atoms with E-state index in [1.165, 1.54) is 6.26 Å². The summed E-state index contributed by atoms with van der Waals surface area (Å²) < 4.78 is 23.1. The number of pyridine rings is 1. The number of carbonyl (C=O) groups is 1. The first-order valence-electron chi connectivity index (χ1n) is 11.6. The maximum absolute atomic E-state index is 13.7. The van der Waals surface area contributed by atoms with Crippen LogP contribution in [0.15, 0.2) is 42.5 Å². The summed E-state index contributed by atoms with van der Waals surface area (Å²) in [6.07, 6.45) is 1.41. The summed E-state index contributed by atoms with van der Waals surface area (Å²) in [5.74, 6) is 0.295. The van der Waals surface area contributed by atoms with E-state index in [2.05, 4.69) is 4.98 Å². The van der Waals surface area contributed by atoms with Crippen LogP contribution in [0.25, 0.3) is 0 Å². The molecule has 4 rings (SSSR count). The molecule has 1 aliphatic rings. The highest BCUT2D eigenvalue weighted by atomic mass is 35.5. The third-order valence-electron chi connectivity index (χ3n) is 6.20. The van der Waals surface area contributed by atoms with Gasteiger partial charge in [-0.2, -0.15) is 0 Å². The van der Waals surface area contributed by atoms with Gasteiger partial charge in [-0.1, -0.05) is 53.5 Å². The van der Waals surface area contributed by atoms with Crippen LogP contribution in [0.2, 0.25) is 10.0 Å². The van der Waals surface area contributed by atoms with Gasteiger partial charge in [0, 0.05) is 34.6 Å². The predicted octanol–water partition coefficient (Wildman–Crippen LogP) is 6.15. The first-order valence-corrected chi connectivity index (χ1v) is 13.8. The van der Waals surface area contributed by atoms with Crippen molar-refractivity contribution in [3.8, 4) is 5.88 Å². The Kier molecular flexibility index (Phi) is 8.35. The number of hydrogen-bond acceptors (Lipinski definition) is 5. The number of fused-ring (bicyclic) bond motifs is 1. The summed E-state index contributed by atoms with van der Waals surface area (Å²) in [5, 5.41) is 0.733. The summed E-state index contributed by atoms with van der Waals surface area (Å²) in [5.41, 5.74) is 5.34. The normalized spacial score (nSPS) is 14.9. The van der Waals surface area contributed by atoms with E-state index in [0.717, 1.165) is 27.9 Å². The molecule has 0 bridgehead atoms. The molecule has 6 nitrogen and oxygen atoms in total. The zero-order valence-electron chi connectivity index (χ0n) is 20.6. The lowest BCUT2D eigenvalue weighted by atomic mass is 9.94. The van der Waals surface area contributed by atoms with Gasteiger partial charge in [0.15, 0.2) is 11.1 Å². The Balaban J connectivity index is 1.64. The van der Waals surface area contributed by atoms with E-state index in [1.807, 2.05) is 50.2 Å². The van der Waals surface area contributed by atoms with Gasteiger partial charge in [-0.25, -0.2) is 9.19 Å². The number of halogens is 2. The Bertz CT molecular complexity index is 1320. The van der Waals surface area contributed by atoms with Gasteiger partial charge >= 0.3 is 0 Å². The smallest absolute Gasteiger partial charge is 0.256 e. The maximum atomic E-state index is 13.7. The Morgan fingerprint density at radius 3 is 2.58 bits per heavy atom. The van der Waals surface area contributed by atoms with Crippen LogP contribution in [0.3, 0.4) is 0 Å². The molecule has 1 amide bonds. The number of aromatic nitrogens is 1. The Morgan fingerprint density at radius 1 is 1.17 bits per heavy atom. The molecule has 0 radical (unpaired) electrons. The molecule has 2 heterocycles. The molecule has 0 saturated carbocycles. The lowest BCUT2D eigenvalue weighted by molar-refractivity contribution is 0.0724. The molecule has 1 aromatic heterocycles. The van der Waals surface area contributed by atoms with Crippen molar-refractivity contribution in [2.24, 2.45) is 0 Å². The second kappa shape index (κ2) is 11.3. The standard InChI is InChI=1S/C27H28Cl2N2O4S/c1-16-12-17(2)30-26(34-15-19-8-6-5-7-9-19)22(16)14-31-11-10-20-23(28)13-21(18(3)35-36(4)33)25(29)24(20)27(31)32/h5-9,12-13,18H,10-11,14-15H2,1-4H3. The Labute approximate surface area is 224 Å². The molecule has 0 aliphatic carbocycles. The van der Waals surface area contributed by atoms with Crippen molar-refractivity contribution >= 4 is 40.2 Å². The largest absolute Gasteiger partial charge is 0.473 e. The van der Waals surface area contributed by atoms with Gasteiger partial charge in [0.05, 0.1) is 23.2 Å². The Morgan fingerprint density at radius 2 is 1.89 bits per heavy atom. The van der Waals surface area contributed by atoms with E-state index < -0.39 is 17.2 Å². The van der Waals surface area contributed by atoms with Crippen molar-refractivity contribution in [3.63, 3.8) is 0 Å². The zero-order chi connectivity index (χ0) is 26.0.